The lowest BCUT2D eigenvalue weighted by atomic mass is 10.5. The maximum absolute atomic E-state index is 11.4. The predicted octanol–water partition coefficient (Wildman–Crippen LogP) is -0.599. The molecule has 0 spiro atoms. The second-order valence-corrected chi connectivity index (χ2v) is 5.65. The molecule has 0 aliphatic rings. The molecule has 16 heavy (non-hydrogen) atoms. The Bertz CT molecular complexity index is 328. The number of amides is 1. The normalized spacial score (nSPS) is 11.4. The predicted molar refractivity (Wildman–Crippen MR) is 57.6 cm³/mol. The quantitative estimate of drug-likeness (QED) is 0.475. The van der Waals surface area contributed by atoms with Crippen LogP contribution in [0.3, 0.4) is 0 Å². The van der Waals surface area contributed by atoms with Gasteiger partial charge in [-0.2, -0.15) is 0 Å². The van der Waals surface area contributed by atoms with Gasteiger partial charge < -0.3 is 19.3 Å². The van der Waals surface area contributed by atoms with Crippen LogP contribution in [-0.4, -0.2) is 47.6 Å². The number of carbonyl (C=O) groups excluding carboxylic acids is 1. The molecule has 1 aromatic rings. The fourth-order valence-corrected chi connectivity index (χ4v) is 1.93. The van der Waals surface area contributed by atoms with E-state index in [-0.39, 0.29) is 12.1 Å². The highest BCUT2D eigenvalue weighted by molar-refractivity contribution is 6.57. The summed E-state index contributed by atoms with van der Waals surface area (Å²) in [6.45, 7) is 0.357. The van der Waals surface area contributed by atoms with Gasteiger partial charge in [-0.25, -0.2) is 9.78 Å². The number of nitrogens with one attached hydrogen (secondary N) is 1. The van der Waals surface area contributed by atoms with Crippen molar-refractivity contribution in [1.82, 2.24) is 14.9 Å². The molecule has 0 radical (unpaired) electrons. The van der Waals surface area contributed by atoms with Gasteiger partial charge in [0.2, 0.25) is 0 Å². The molecule has 0 bridgehead atoms. The summed E-state index contributed by atoms with van der Waals surface area (Å²) in [5.74, 6) is 0. The Kier molecular flexibility index (Phi) is 4.62. The summed E-state index contributed by atoms with van der Waals surface area (Å²) in [4.78, 5) is 33.5. The average Bonchev–Trinajstić information content (AvgIpc) is 2.77. The molecule has 0 saturated heterocycles. The van der Waals surface area contributed by atoms with E-state index in [0.29, 0.717) is 13.0 Å². The van der Waals surface area contributed by atoms with Crippen molar-refractivity contribution in [1.29, 1.82) is 0 Å². The number of rotatable bonds is 5. The molecule has 0 unspecified atom stereocenters. The Hall–Kier alpha value is -1.22. The Labute approximate surface area is 94.1 Å². The van der Waals surface area contributed by atoms with Crippen molar-refractivity contribution >= 4 is 14.8 Å². The molecule has 1 rings (SSSR count). The first-order chi connectivity index (χ1) is 7.55. The van der Waals surface area contributed by atoms with Gasteiger partial charge in [0.1, 0.15) is 6.33 Å². The highest BCUT2D eigenvalue weighted by Gasteiger charge is 2.29. The van der Waals surface area contributed by atoms with Crippen molar-refractivity contribution in [2.24, 2.45) is 0 Å². The average molecular weight is 245 g/mol. The summed E-state index contributed by atoms with van der Waals surface area (Å²) in [6, 6.07) is -0.133. The lowest BCUT2D eigenvalue weighted by Gasteiger charge is -2.14. The zero-order valence-electron chi connectivity index (χ0n) is 8.96. The molecule has 0 aromatic carbocycles. The standard InChI is InChI=1S/C8H15N3O4Si/c1-15-16(13,14)6-2-3-10-8(12)11-5-4-9-7-11/h4-5,7,13-14H,2-3,6H2,1H3,(H,10,12). The van der Waals surface area contributed by atoms with Crippen molar-refractivity contribution in [3.05, 3.63) is 18.7 Å². The maximum atomic E-state index is 11.4. The summed E-state index contributed by atoms with van der Waals surface area (Å²) >= 11 is 0. The van der Waals surface area contributed by atoms with Crippen molar-refractivity contribution in [2.45, 2.75) is 12.5 Å². The van der Waals surface area contributed by atoms with Crippen molar-refractivity contribution in [2.75, 3.05) is 13.7 Å². The molecule has 8 heteroatoms. The first kappa shape index (κ1) is 12.8. The van der Waals surface area contributed by atoms with Crippen molar-refractivity contribution in [3.63, 3.8) is 0 Å². The zero-order chi connectivity index (χ0) is 12.0. The molecule has 1 aromatic heterocycles. The van der Waals surface area contributed by atoms with Crippen LogP contribution in [0.25, 0.3) is 0 Å². The molecule has 0 fully saturated rings. The van der Waals surface area contributed by atoms with Crippen LogP contribution in [0.5, 0.6) is 0 Å². The Morgan fingerprint density at radius 2 is 2.38 bits per heavy atom. The lowest BCUT2D eigenvalue weighted by Crippen LogP contribution is -2.38. The molecular weight excluding hydrogens is 230 g/mol. The van der Waals surface area contributed by atoms with Crippen LogP contribution in [0.4, 0.5) is 4.79 Å². The number of hydrogen-bond donors (Lipinski definition) is 3. The molecule has 1 amide bonds. The molecule has 0 atom stereocenters. The van der Waals surface area contributed by atoms with E-state index in [1.807, 2.05) is 0 Å². The highest BCUT2D eigenvalue weighted by Crippen LogP contribution is 2.04. The van der Waals surface area contributed by atoms with Crippen LogP contribution in [0.15, 0.2) is 18.7 Å². The van der Waals surface area contributed by atoms with Crippen LogP contribution in [0, 0.1) is 0 Å². The molecule has 3 N–H and O–H groups in total. The highest BCUT2D eigenvalue weighted by atomic mass is 28.4. The Morgan fingerprint density at radius 1 is 1.62 bits per heavy atom. The molecule has 0 aliphatic heterocycles. The Balaban J connectivity index is 2.19. The molecule has 0 saturated carbocycles. The van der Waals surface area contributed by atoms with E-state index in [2.05, 4.69) is 14.7 Å². The first-order valence-corrected chi connectivity index (χ1v) is 6.82. The van der Waals surface area contributed by atoms with E-state index in [1.54, 1.807) is 0 Å². The monoisotopic (exact) mass is 245 g/mol. The van der Waals surface area contributed by atoms with E-state index in [1.165, 1.54) is 30.4 Å². The third kappa shape index (κ3) is 4.11. The summed E-state index contributed by atoms with van der Waals surface area (Å²) in [6.07, 6.45) is 4.88. The van der Waals surface area contributed by atoms with Gasteiger partial charge in [-0.05, 0) is 6.42 Å². The number of hydrogen-bond acceptors (Lipinski definition) is 5. The van der Waals surface area contributed by atoms with Crippen molar-refractivity contribution < 1.29 is 18.8 Å². The largest absolute Gasteiger partial charge is 0.495 e. The van der Waals surface area contributed by atoms with E-state index < -0.39 is 8.80 Å². The summed E-state index contributed by atoms with van der Waals surface area (Å²) in [5.41, 5.74) is 0. The van der Waals surface area contributed by atoms with Gasteiger partial charge in [0.15, 0.2) is 0 Å². The fraction of sp³-hybridized carbons (Fsp3) is 0.500. The number of aromatic nitrogens is 2. The van der Waals surface area contributed by atoms with Crippen LogP contribution in [0.1, 0.15) is 6.42 Å². The minimum absolute atomic E-state index is 0.160. The number of carbonyl (C=O) groups is 1. The van der Waals surface area contributed by atoms with Gasteiger partial charge in [-0.15, -0.1) is 0 Å². The van der Waals surface area contributed by atoms with Crippen LogP contribution < -0.4 is 5.32 Å². The maximum Gasteiger partial charge on any atom is 0.495 e. The van der Waals surface area contributed by atoms with Crippen LogP contribution >= 0.6 is 0 Å². The summed E-state index contributed by atoms with van der Waals surface area (Å²) < 4.78 is 5.84. The summed E-state index contributed by atoms with van der Waals surface area (Å²) in [7, 11) is -2.23. The second kappa shape index (κ2) is 5.75. The van der Waals surface area contributed by atoms with E-state index in [4.69, 9.17) is 0 Å². The Morgan fingerprint density at radius 3 is 2.94 bits per heavy atom. The van der Waals surface area contributed by atoms with E-state index in [0.717, 1.165) is 0 Å². The van der Waals surface area contributed by atoms with E-state index in [9.17, 15) is 14.4 Å². The minimum atomic E-state index is -3.49. The third-order valence-corrected chi connectivity index (χ3v) is 3.68. The summed E-state index contributed by atoms with van der Waals surface area (Å²) in [5, 5.41) is 2.61. The van der Waals surface area contributed by atoms with Gasteiger partial charge >= 0.3 is 14.8 Å². The molecule has 7 nitrogen and oxygen atoms in total. The second-order valence-electron chi connectivity index (χ2n) is 3.25. The smallest absolute Gasteiger partial charge is 0.390 e. The molecule has 90 valence electrons. The zero-order valence-corrected chi connectivity index (χ0v) is 9.96. The topological polar surface area (TPSA) is 96.6 Å². The van der Waals surface area contributed by atoms with Gasteiger partial charge in [0.05, 0.1) is 0 Å². The first-order valence-electron chi connectivity index (χ1n) is 4.81. The SMILES string of the molecule is CO[Si](O)(O)CCCNC(=O)n1ccnc1. The van der Waals surface area contributed by atoms with Crippen LogP contribution in [-0.2, 0) is 4.43 Å². The van der Waals surface area contributed by atoms with Crippen molar-refractivity contribution in [3.8, 4) is 0 Å². The van der Waals surface area contributed by atoms with Gasteiger partial charge in [-0.3, -0.25) is 4.57 Å². The molecular formula is C8H15N3O4Si. The molecule has 0 aliphatic carbocycles. The number of imidazole rings is 1. The lowest BCUT2D eigenvalue weighted by molar-refractivity contribution is 0.183. The van der Waals surface area contributed by atoms with Gasteiger partial charge in [0.25, 0.3) is 0 Å². The van der Waals surface area contributed by atoms with Gasteiger partial charge in [0, 0.05) is 32.1 Å². The molecule has 1 heterocycles. The van der Waals surface area contributed by atoms with E-state index >= 15 is 0 Å². The minimum Gasteiger partial charge on any atom is -0.390 e. The van der Waals surface area contributed by atoms with Crippen LogP contribution in [0.2, 0.25) is 6.04 Å². The fourth-order valence-electron chi connectivity index (χ4n) is 1.09. The number of nitrogens with zero attached hydrogens (tertiary/aromatic N) is 2. The third-order valence-electron chi connectivity index (χ3n) is 2.02. The van der Waals surface area contributed by atoms with Gasteiger partial charge in [-0.1, -0.05) is 0 Å².